The van der Waals surface area contributed by atoms with Gasteiger partial charge in [-0.2, -0.15) is 0 Å². The highest BCUT2D eigenvalue weighted by atomic mass is 16.7. The van der Waals surface area contributed by atoms with E-state index in [9.17, 15) is 14.4 Å². The number of methoxy groups -OCH3 is 1. The van der Waals surface area contributed by atoms with Crippen molar-refractivity contribution < 1.29 is 33.3 Å². The van der Waals surface area contributed by atoms with Gasteiger partial charge in [-0.05, 0) is 48.9 Å². The smallest absolute Gasteiger partial charge is 0.328 e. The fraction of sp³-hybridized carbons (Fsp3) is 0.227. The van der Waals surface area contributed by atoms with Gasteiger partial charge in [-0.3, -0.25) is 9.59 Å². The lowest BCUT2D eigenvalue weighted by atomic mass is 10.1. The van der Waals surface area contributed by atoms with Crippen molar-refractivity contribution in [3.63, 3.8) is 0 Å². The number of Topliss-reactive ketones (excluding diaryl/α,β-unsaturated/α-hetero) is 1. The van der Waals surface area contributed by atoms with E-state index in [-0.39, 0.29) is 12.6 Å². The molecule has 1 N–H and O–H groups in total. The molecule has 8 heteroatoms. The van der Waals surface area contributed by atoms with Crippen LogP contribution in [0, 0.1) is 0 Å². The Kier molecular flexibility index (Phi) is 6.69. The SMILES string of the molecule is COc1ccc(C=CC(=O)NC(C)C(=O)OCC(=O)c2ccc3c(c2)OCO3)cc1. The monoisotopic (exact) mass is 411 g/mol. The summed E-state index contributed by atoms with van der Waals surface area (Å²) in [7, 11) is 1.57. The molecular formula is C22H21NO7. The molecule has 0 fully saturated rings. The van der Waals surface area contributed by atoms with Gasteiger partial charge in [0.05, 0.1) is 7.11 Å². The van der Waals surface area contributed by atoms with Gasteiger partial charge in [-0.25, -0.2) is 4.79 Å². The van der Waals surface area contributed by atoms with E-state index in [1.807, 2.05) is 0 Å². The number of rotatable bonds is 8. The summed E-state index contributed by atoms with van der Waals surface area (Å²) in [5, 5.41) is 2.50. The number of amides is 1. The largest absolute Gasteiger partial charge is 0.497 e. The minimum Gasteiger partial charge on any atom is -0.497 e. The van der Waals surface area contributed by atoms with E-state index in [0.29, 0.717) is 22.8 Å². The van der Waals surface area contributed by atoms with Gasteiger partial charge < -0.3 is 24.3 Å². The molecule has 2 aromatic carbocycles. The summed E-state index contributed by atoms with van der Waals surface area (Å²) < 4.78 is 20.5. The van der Waals surface area contributed by atoms with Gasteiger partial charge >= 0.3 is 5.97 Å². The van der Waals surface area contributed by atoms with Crippen LogP contribution in [0.5, 0.6) is 17.2 Å². The maximum atomic E-state index is 12.2. The molecule has 0 bridgehead atoms. The second-order valence-corrected chi connectivity index (χ2v) is 6.44. The molecule has 0 spiro atoms. The standard InChI is InChI=1S/C22H21NO7/c1-14(23-21(25)10-5-15-3-7-17(27-2)8-4-15)22(26)28-12-18(24)16-6-9-19-20(11-16)30-13-29-19/h3-11,14H,12-13H2,1-2H3,(H,23,25). The minimum atomic E-state index is -0.914. The predicted molar refractivity (Wildman–Crippen MR) is 107 cm³/mol. The van der Waals surface area contributed by atoms with Crippen LogP contribution in [0.4, 0.5) is 0 Å². The Bertz CT molecular complexity index is 966. The van der Waals surface area contributed by atoms with Crippen LogP contribution in [0.3, 0.4) is 0 Å². The number of hydrogen-bond donors (Lipinski definition) is 1. The molecule has 3 rings (SSSR count). The molecule has 1 aliphatic heterocycles. The van der Waals surface area contributed by atoms with Crippen molar-refractivity contribution in [2.24, 2.45) is 0 Å². The summed E-state index contributed by atoms with van der Waals surface area (Å²) in [6.07, 6.45) is 2.92. The Hall–Kier alpha value is -3.81. The summed E-state index contributed by atoms with van der Waals surface area (Å²) in [6.45, 7) is 1.14. The Balaban J connectivity index is 1.46. The maximum Gasteiger partial charge on any atom is 0.328 e. The van der Waals surface area contributed by atoms with Crippen LogP contribution in [0.25, 0.3) is 6.08 Å². The van der Waals surface area contributed by atoms with Gasteiger partial charge in [0, 0.05) is 11.6 Å². The maximum absolute atomic E-state index is 12.2. The Morgan fingerprint density at radius 1 is 1.10 bits per heavy atom. The van der Waals surface area contributed by atoms with Crippen LogP contribution in [0.2, 0.25) is 0 Å². The summed E-state index contributed by atoms with van der Waals surface area (Å²) in [6, 6.07) is 10.9. The third-order valence-electron chi connectivity index (χ3n) is 4.30. The first-order chi connectivity index (χ1) is 14.5. The van der Waals surface area contributed by atoms with Gasteiger partial charge in [-0.15, -0.1) is 0 Å². The number of hydrogen-bond acceptors (Lipinski definition) is 7. The number of carbonyl (C=O) groups excluding carboxylic acids is 3. The Labute approximate surface area is 173 Å². The summed E-state index contributed by atoms with van der Waals surface area (Å²) >= 11 is 0. The summed E-state index contributed by atoms with van der Waals surface area (Å²) in [5.74, 6) is 0.175. The van der Waals surface area contributed by atoms with Crippen LogP contribution in [-0.4, -0.2) is 44.2 Å². The zero-order chi connectivity index (χ0) is 21.5. The van der Waals surface area contributed by atoms with Crippen molar-refractivity contribution in [2.75, 3.05) is 20.5 Å². The zero-order valence-electron chi connectivity index (χ0n) is 16.5. The van der Waals surface area contributed by atoms with E-state index in [4.69, 9.17) is 18.9 Å². The number of ketones is 1. The molecular weight excluding hydrogens is 390 g/mol. The van der Waals surface area contributed by atoms with E-state index in [1.54, 1.807) is 49.6 Å². The Morgan fingerprint density at radius 3 is 2.57 bits per heavy atom. The fourth-order valence-corrected chi connectivity index (χ4v) is 2.62. The number of fused-ring (bicyclic) bond motifs is 1. The fourth-order valence-electron chi connectivity index (χ4n) is 2.62. The van der Waals surface area contributed by atoms with Crippen LogP contribution < -0.4 is 19.5 Å². The average molecular weight is 411 g/mol. The summed E-state index contributed by atoms with van der Waals surface area (Å²) in [5.41, 5.74) is 1.14. The van der Waals surface area contributed by atoms with Gasteiger partial charge in [-0.1, -0.05) is 12.1 Å². The number of benzene rings is 2. The first kappa shape index (κ1) is 20.9. The third-order valence-corrected chi connectivity index (χ3v) is 4.30. The van der Waals surface area contributed by atoms with Crippen LogP contribution in [-0.2, 0) is 14.3 Å². The van der Waals surface area contributed by atoms with E-state index in [2.05, 4.69) is 5.32 Å². The van der Waals surface area contributed by atoms with Gasteiger partial charge in [0.1, 0.15) is 11.8 Å². The molecule has 1 unspecified atom stereocenters. The lowest BCUT2D eigenvalue weighted by molar-refractivity contribution is -0.145. The van der Waals surface area contributed by atoms with Crippen molar-refractivity contribution >= 4 is 23.7 Å². The lowest BCUT2D eigenvalue weighted by Gasteiger charge is -2.12. The van der Waals surface area contributed by atoms with Crippen molar-refractivity contribution in [2.45, 2.75) is 13.0 Å². The van der Waals surface area contributed by atoms with Crippen molar-refractivity contribution in [3.05, 3.63) is 59.7 Å². The molecule has 1 heterocycles. The molecule has 1 amide bonds. The van der Waals surface area contributed by atoms with E-state index < -0.39 is 24.5 Å². The molecule has 0 saturated heterocycles. The van der Waals surface area contributed by atoms with E-state index in [0.717, 1.165) is 5.56 Å². The van der Waals surface area contributed by atoms with Crippen molar-refractivity contribution in [3.8, 4) is 17.2 Å². The second-order valence-electron chi connectivity index (χ2n) is 6.44. The first-order valence-corrected chi connectivity index (χ1v) is 9.18. The van der Waals surface area contributed by atoms with Crippen molar-refractivity contribution in [1.29, 1.82) is 0 Å². The predicted octanol–water partition coefficient (Wildman–Crippen LogP) is 2.37. The average Bonchev–Trinajstić information content (AvgIpc) is 3.24. The quantitative estimate of drug-likeness (QED) is 0.404. The molecule has 0 saturated carbocycles. The second kappa shape index (κ2) is 9.60. The molecule has 0 aromatic heterocycles. The van der Waals surface area contributed by atoms with Crippen LogP contribution in [0.15, 0.2) is 48.5 Å². The lowest BCUT2D eigenvalue weighted by Crippen LogP contribution is -2.39. The molecule has 1 aliphatic rings. The highest BCUT2D eigenvalue weighted by Crippen LogP contribution is 2.32. The van der Waals surface area contributed by atoms with Crippen LogP contribution in [0.1, 0.15) is 22.8 Å². The molecule has 0 aliphatic carbocycles. The topological polar surface area (TPSA) is 100 Å². The first-order valence-electron chi connectivity index (χ1n) is 9.18. The van der Waals surface area contributed by atoms with E-state index >= 15 is 0 Å². The van der Waals surface area contributed by atoms with Crippen molar-refractivity contribution in [1.82, 2.24) is 5.32 Å². The molecule has 156 valence electrons. The third kappa shape index (κ3) is 5.38. The van der Waals surface area contributed by atoms with E-state index in [1.165, 1.54) is 19.1 Å². The number of esters is 1. The number of carbonyl (C=O) groups is 3. The molecule has 2 aromatic rings. The highest BCUT2D eigenvalue weighted by molar-refractivity contribution is 5.99. The normalized spacial score (nSPS) is 13.0. The molecule has 8 nitrogen and oxygen atoms in total. The Morgan fingerprint density at radius 2 is 1.83 bits per heavy atom. The minimum absolute atomic E-state index is 0.103. The summed E-state index contributed by atoms with van der Waals surface area (Å²) in [4.78, 5) is 36.3. The molecule has 30 heavy (non-hydrogen) atoms. The van der Waals surface area contributed by atoms with Gasteiger partial charge in [0.15, 0.2) is 23.9 Å². The highest BCUT2D eigenvalue weighted by Gasteiger charge is 2.20. The zero-order valence-corrected chi connectivity index (χ0v) is 16.5. The number of nitrogens with one attached hydrogen (secondary N) is 1. The molecule has 1 atom stereocenters. The van der Waals surface area contributed by atoms with Gasteiger partial charge in [0.2, 0.25) is 12.7 Å². The van der Waals surface area contributed by atoms with Crippen LogP contribution >= 0.6 is 0 Å². The molecule has 0 radical (unpaired) electrons. The van der Waals surface area contributed by atoms with Gasteiger partial charge in [0.25, 0.3) is 0 Å². The number of ether oxygens (including phenoxy) is 4.